The van der Waals surface area contributed by atoms with E-state index in [1.54, 1.807) is 36.4 Å². The Morgan fingerprint density at radius 3 is 2.45 bits per heavy atom. The Morgan fingerprint density at radius 1 is 0.818 bits per heavy atom. The summed E-state index contributed by atoms with van der Waals surface area (Å²) in [5, 5.41) is 1.60. The van der Waals surface area contributed by atoms with Gasteiger partial charge >= 0.3 is 17.2 Å². The summed E-state index contributed by atoms with van der Waals surface area (Å²) in [6, 6.07) is 21.6. The van der Waals surface area contributed by atoms with Crippen molar-refractivity contribution in [2.75, 3.05) is 0 Å². The van der Waals surface area contributed by atoms with E-state index >= 15 is 0 Å². The Hall–Kier alpha value is -4.16. The first-order valence-corrected chi connectivity index (χ1v) is 10.4. The van der Waals surface area contributed by atoms with E-state index < -0.39 is 17.2 Å². The summed E-state index contributed by atoms with van der Waals surface area (Å²) in [5.41, 5.74) is 0.655. The van der Waals surface area contributed by atoms with Gasteiger partial charge in [0.1, 0.15) is 16.9 Å². The zero-order chi connectivity index (χ0) is 22.9. The SMILES string of the molecule is O=C(Cc1ccccc1)Oc1ccc2c(-c3cc4cc(Cl)ccc4oc3=O)cc(=O)oc2c1. The van der Waals surface area contributed by atoms with Crippen LogP contribution in [-0.2, 0) is 11.2 Å². The summed E-state index contributed by atoms with van der Waals surface area (Å²) in [6.45, 7) is 0. The minimum atomic E-state index is -0.657. The molecule has 33 heavy (non-hydrogen) atoms. The number of rotatable bonds is 4. The van der Waals surface area contributed by atoms with Crippen molar-refractivity contribution in [1.29, 1.82) is 0 Å². The molecule has 6 nitrogen and oxygen atoms in total. The Morgan fingerprint density at radius 2 is 1.64 bits per heavy atom. The lowest BCUT2D eigenvalue weighted by atomic mass is 10.0. The van der Waals surface area contributed by atoms with Crippen LogP contribution in [0.2, 0.25) is 5.02 Å². The number of benzene rings is 3. The molecule has 0 aliphatic rings. The van der Waals surface area contributed by atoms with E-state index in [1.807, 2.05) is 30.3 Å². The summed E-state index contributed by atoms with van der Waals surface area (Å²) >= 11 is 6.06. The Bertz CT molecular complexity index is 1630. The molecule has 0 radical (unpaired) electrons. The van der Waals surface area contributed by atoms with Crippen LogP contribution in [0.5, 0.6) is 5.75 Å². The van der Waals surface area contributed by atoms with Gasteiger partial charge < -0.3 is 13.6 Å². The smallest absolute Gasteiger partial charge is 0.344 e. The average molecular weight is 459 g/mol. The predicted octanol–water partition coefficient (Wildman–Crippen LogP) is 5.37. The highest BCUT2D eigenvalue weighted by molar-refractivity contribution is 6.31. The highest BCUT2D eigenvalue weighted by Crippen LogP contribution is 2.30. The fourth-order valence-electron chi connectivity index (χ4n) is 3.64. The van der Waals surface area contributed by atoms with Crippen molar-refractivity contribution in [3.63, 3.8) is 0 Å². The molecule has 5 aromatic rings. The van der Waals surface area contributed by atoms with Crippen molar-refractivity contribution < 1.29 is 18.4 Å². The number of carbonyl (C=O) groups excluding carboxylic acids is 1. The number of ether oxygens (including phenoxy) is 1. The monoisotopic (exact) mass is 458 g/mol. The maximum Gasteiger partial charge on any atom is 0.344 e. The Balaban J connectivity index is 1.54. The first kappa shape index (κ1) is 20.7. The second-order valence-electron chi connectivity index (χ2n) is 7.40. The Labute approximate surface area is 191 Å². The molecule has 5 rings (SSSR count). The van der Waals surface area contributed by atoms with Gasteiger partial charge in [0.2, 0.25) is 0 Å². The molecule has 0 amide bonds. The minimum absolute atomic E-state index is 0.101. The summed E-state index contributed by atoms with van der Waals surface area (Å²) in [7, 11) is 0. The summed E-state index contributed by atoms with van der Waals surface area (Å²) in [4.78, 5) is 37.2. The van der Waals surface area contributed by atoms with Crippen LogP contribution < -0.4 is 16.0 Å². The van der Waals surface area contributed by atoms with E-state index in [2.05, 4.69) is 0 Å². The van der Waals surface area contributed by atoms with Gasteiger partial charge in [-0.15, -0.1) is 0 Å². The second kappa shape index (κ2) is 8.41. The maximum absolute atomic E-state index is 12.7. The molecular weight excluding hydrogens is 444 g/mol. The molecule has 0 spiro atoms. The zero-order valence-electron chi connectivity index (χ0n) is 17.0. The lowest BCUT2D eigenvalue weighted by Crippen LogP contribution is -2.11. The number of hydrogen-bond donors (Lipinski definition) is 0. The first-order chi connectivity index (χ1) is 16.0. The third-order valence-corrected chi connectivity index (χ3v) is 5.36. The first-order valence-electron chi connectivity index (χ1n) is 10.0. The third-order valence-electron chi connectivity index (χ3n) is 5.12. The standard InChI is InChI=1S/C26H15ClO6/c27-17-6-9-22-16(11-17)12-21(26(30)33-22)20-14-25(29)32-23-13-18(7-8-19(20)23)31-24(28)10-15-4-2-1-3-5-15/h1-9,11-14H,10H2. The summed E-state index contributed by atoms with van der Waals surface area (Å²) < 4.78 is 16.1. The molecule has 0 unspecified atom stereocenters. The molecule has 0 N–H and O–H groups in total. The molecule has 0 bridgehead atoms. The van der Waals surface area contributed by atoms with E-state index in [0.717, 1.165) is 5.56 Å². The predicted molar refractivity (Wildman–Crippen MR) is 125 cm³/mol. The molecular formula is C26H15ClO6. The van der Waals surface area contributed by atoms with Crippen LogP contribution in [0.15, 0.2) is 97.3 Å². The molecule has 0 atom stereocenters. The molecule has 2 heterocycles. The zero-order valence-corrected chi connectivity index (χ0v) is 17.8. The topological polar surface area (TPSA) is 86.7 Å². The van der Waals surface area contributed by atoms with Crippen molar-refractivity contribution in [1.82, 2.24) is 0 Å². The maximum atomic E-state index is 12.7. The molecule has 0 fully saturated rings. The Kier molecular flexibility index (Phi) is 5.28. The number of halogens is 1. The average Bonchev–Trinajstić information content (AvgIpc) is 2.78. The van der Waals surface area contributed by atoms with Crippen LogP contribution in [-0.4, -0.2) is 5.97 Å². The van der Waals surface area contributed by atoms with Crippen molar-refractivity contribution in [2.45, 2.75) is 6.42 Å². The van der Waals surface area contributed by atoms with Gasteiger partial charge in [0.25, 0.3) is 0 Å². The van der Waals surface area contributed by atoms with Gasteiger partial charge in [-0.3, -0.25) is 4.79 Å². The van der Waals surface area contributed by atoms with E-state index in [9.17, 15) is 14.4 Å². The quantitative estimate of drug-likeness (QED) is 0.204. The van der Waals surface area contributed by atoms with Gasteiger partial charge in [-0.25, -0.2) is 9.59 Å². The summed E-state index contributed by atoms with van der Waals surface area (Å²) in [6.07, 6.45) is 0.101. The number of esters is 1. The lowest BCUT2D eigenvalue weighted by Gasteiger charge is -2.08. The lowest BCUT2D eigenvalue weighted by molar-refractivity contribution is -0.133. The van der Waals surface area contributed by atoms with Crippen LogP contribution in [0, 0.1) is 0 Å². The molecule has 2 aromatic heterocycles. The molecule has 0 aliphatic heterocycles. The fourth-order valence-corrected chi connectivity index (χ4v) is 3.82. The molecule has 0 saturated carbocycles. The molecule has 162 valence electrons. The van der Waals surface area contributed by atoms with Crippen LogP contribution in [0.1, 0.15) is 5.56 Å². The van der Waals surface area contributed by atoms with Crippen molar-refractivity contribution in [3.05, 3.63) is 110 Å². The van der Waals surface area contributed by atoms with Crippen molar-refractivity contribution in [2.24, 2.45) is 0 Å². The largest absolute Gasteiger partial charge is 0.426 e. The van der Waals surface area contributed by atoms with Crippen LogP contribution in [0.3, 0.4) is 0 Å². The van der Waals surface area contributed by atoms with Crippen molar-refractivity contribution in [3.8, 4) is 16.9 Å². The van der Waals surface area contributed by atoms with Crippen LogP contribution in [0.25, 0.3) is 33.1 Å². The van der Waals surface area contributed by atoms with Crippen molar-refractivity contribution >= 4 is 39.5 Å². The van der Waals surface area contributed by atoms with Crippen LogP contribution >= 0.6 is 11.6 Å². The van der Waals surface area contributed by atoms with Crippen LogP contribution in [0.4, 0.5) is 0 Å². The van der Waals surface area contributed by atoms with Gasteiger partial charge in [0, 0.05) is 33.5 Å². The molecule has 3 aromatic carbocycles. The van der Waals surface area contributed by atoms with Gasteiger partial charge in [0.15, 0.2) is 0 Å². The van der Waals surface area contributed by atoms with E-state index in [-0.39, 0.29) is 23.3 Å². The molecule has 7 heteroatoms. The summed E-state index contributed by atoms with van der Waals surface area (Å²) in [5.74, 6) is -0.229. The third kappa shape index (κ3) is 4.29. The van der Waals surface area contributed by atoms with Gasteiger partial charge in [-0.05, 0) is 42.0 Å². The second-order valence-corrected chi connectivity index (χ2v) is 7.84. The number of carbonyl (C=O) groups is 1. The number of hydrogen-bond acceptors (Lipinski definition) is 6. The van der Waals surface area contributed by atoms with E-state index in [4.69, 9.17) is 25.2 Å². The molecule has 0 saturated heterocycles. The van der Waals surface area contributed by atoms with E-state index in [0.29, 0.717) is 26.9 Å². The fraction of sp³-hybridized carbons (Fsp3) is 0.0385. The minimum Gasteiger partial charge on any atom is -0.426 e. The molecule has 0 aliphatic carbocycles. The van der Waals surface area contributed by atoms with Gasteiger partial charge in [0.05, 0.1) is 12.0 Å². The van der Waals surface area contributed by atoms with E-state index in [1.165, 1.54) is 12.1 Å². The number of fused-ring (bicyclic) bond motifs is 2. The normalized spacial score (nSPS) is 11.1. The highest BCUT2D eigenvalue weighted by Gasteiger charge is 2.15. The van der Waals surface area contributed by atoms with Gasteiger partial charge in [-0.1, -0.05) is 41.9 Å². The van der Waals surface area contributed by atoms with Gasteiger partial charge in [-0.2, -0.15) is 0 Å². The highest BCUT2D eigenvalue weighted by atomic mass is 35.5.